The van der Waals surface area contributed by atoms with Gasteiger partial charge in [0, 0.05) is 10.7 Å². The zero-order chi connectivity index (χ0) is 20.1. The summed E-state index contributed by atoms with van der Waals surface area (Å²) in [5, 5.41) is 7.45. The first kappa shape index (κ1) is 19.4. The fourth-order valence-corrected chi connectivity index (χ4v) is 2.82. The summed E-state index contributed by atoms with van der Waals surface area (Å²) in [4.78, 5) is 24.4. The first-order valence-electron chi connectivity index (χ1n) is 8.53. The van der Waals surface area contributed by atoms with Gasteiger partial charge < -0.3 is 4.74 Å². The number of halogens is 1. The molecule has 3 aromatic rings. The second-order valence-electron chi connectivity index (χ2n) is 6.12. The summed E-state index contributed by atoms with van der Waals surface area (Å²) < 4.78 is 6.87. The third-order valence-electron chi connectivity index (χ3n) is 4.01. The van der Waals surface area contributed by atoms with Crippen LogP contribution in [0.3, 0.4) is 0 Å². The number of nitrogens with zero attached hydrogens (tertiary/aromatic N) is 2. The van der Waals surface area contributed by atoms with E-state index in [1.54, 1.807) is 25.1 Å². The van der Waals surface area contributed by atoms with Gasteiger partial charge in [0.1, 0.15) is 5.75 Å². The van der Waals surface area contributed by atoms with Gasteiger partial charge in [0.05, 0.1) is 17.5 Å². The van der Waals surface area contributed by atoms with Crippen molar-refractivity contribution in [3.05, 3.63) is 80.7 Å². The molecule has 0 aliphatic rings. The third kappa shape index (κ3) is 4.50. The van der Waals surface area contributed by atoms with Gasteiger partial charge in [0.25, 0.3) is 11.5 Å². The SMILES string of the molecule is Cc1cc(Cl)ccc1OCC(=O)N/N=C\c1c(C)[nH]n(-c2ccccc2)c1=O. The van der Waals surface area contributed by atoms with Crippen LogP contribution < -0.4 is 15.7 Å². The van der Waals surface area contributed by atoms with Crippen LogP contribution in [-0.2, 0) is 4.79 Å². The van der Waals surface area contributed by atoms with Gasteiger partial charge in [0.2, 0.25) is 0 Å². The van der Waals surface area contributed by atoms with Crippen molar-refractivity contribution < 1.29 is 9.53 Å². The highest BCUT2D eigenvalue weighted by molar-refractivity contribution is 6.30. The third-order valence-corrected chi connectivity index (χ3v) is 4.25. The zero-order valence-corrected chi connectivity index (χ0v) is 16.2. The fraction of sp³-hybridized carbons (Fsp3) is 0.150. The molecule has 2 N–H and O–H groups in total. The first-order valence-corrected chi connectivity index (χ1v) is 8.91. The summed E-state index contributed by atoms with van der Waals surface area (Å²) in [6.45, 7) is 3.39. The minimum Gasteiger partial charge on any atom is -0.483 e. The van der Waals surface area contributed by atoms with Crippen LogP contribution in [0.15, 0.2) is 58.4 Å². The molecule has 8 heteroatoms. The van der Waals surface area contributed by atoms with Crippen molar-refractivity contribution >= 4 is 23.7 Å². The number of hydrazone groups is 1. The van der Waals surface area contributed by atoms with Crippen LogP contribution in [0.25, 0.3) is 5.69 Å². The zero-order valence-electron chi connectivity index (χ0n) is 15.4. The summed E-state index contributed by atoms with van der Waals surface area (Å²) >= 11 is 5.89. The Labute approximate surface area is 166 Å². The van der Waals surface area contributed by atoms with E-state index in [1.165, 1.54) is 10.9 Å². The number of amides is 1. The van der Waals surface area contributed by atoms with Gasteiger partial charge in [-0.1, -0.05) is 29.8 Å². The summed E-state index contributed by atoms with van der Waals surface area (Å²) in [5.74, 6) is 0.123. The Morgan fingerprint density at radius 1 is 1.25 bits per heavy atom. The molecule has 0 spiro atoms. The Morgan fingerprint density at radius 2 is 2.00 bits per heavy atom. The van der Waals surface area contributed by atoms with Crippen molar-refractivity contribution in [1.82, 2.24) is 15.2 Å². The topological polar surface area (TPSA) is 88.5 Å². The minimum atomic E-state index is -0.442. The van der Waals surface area contributed by atoms with Crippen molar-refractivity contribution in [3.8, 4) is 11.4 Å². The molecule has 0 aliphatic carbocycles. The monoisotopic (exact) mass is 398 g/mol. The van der Waals surface area contributed by atoms with Crippen LogP contribution >= 0.6 is 11.6 Å². The van der Waals surface area contributed by atoms with E-state index in [-0.39, 0.29) is 12.2 Å². The molecule has 1 amide bonds. The van der Waals surface area contributed by atoms with Crippen molar-refractivity contribution in [2.24, 2.45) is 5.10 Å². The van der Waals surface area contributed by atoms with Crippen LogP contribution in [0.2, 0.25) is 5.02 Å². The number of carbonyl (C=O) groups excluding carboxylic acids is 1. The lowest BCUT2D eigenvalue weighted by atomic mass is 10.2. The standard InChI is InChI=1S/C20H19ClN4O3/c1-13-10-15(21)8-9-18(13)28-12-19(26)23-22-11-17-14(2)24-25(20(17)27)16-6-4-3-5-7-16/h3-11,24H,12H2,1-2H3,(H,23,26)/b22-11-. The van der Waals surface area contributed by atoms with Gasteiger partial charge >= 0.3 is 0 Å². The number of aromatic nitrogens is 2. The van der Waals surface area contributed by atoms with E-state index < -0.39 is 5.91 Å². The van der Waals surface area contributed by atoms with Gasteiger partial charge in [-0.05, 0) is 49.7 Å². The highest BCUT2D eigenvalue weighted by Crippen LogP contribution is 2.21. The van der Waals surface area contributed by atoms with Crippen molar-refractivity contribution in [2.45, 2.75) is 13.8 Å². The number of hydrogen-bond donors (Lipinski definition) is 2. The van der Waals surface area contributed by atoms with Crippen LogP contribution in [-0.4, -0.2) is 28.5 Å². The van der Waals surface area contributed by atoms with Crippen LogP contribution in [0.1, 0.15) is 16.8 Å². The van der Waals surface area contributed by atoms with E-state index in [4.69, 9.17) is 16.3 Å². The van der Waals surface area contributed by atoms with Crippen molar-refractivity contribution in [3.63, 3.8) is 0 Å². The second kappa shape index (κ2) is 8.58. The minimum absolute atomic E-state index is 0.208. The number of ether oxygens (including phenoxy) is 1. The lowest BCUT2D eigenvalue weighted by Crippen LogP contribution is -2.25. The number of para-hydroxylation sites is 1. The molecule has 7 nitrogen and oxygen atoms in total. The molecule has 2 aromatic carbocycles. The molecule has 0 radical (unpaired) electrons. The van der Waals surface area contributed by atoms with Crippen molar-refractivity contribution in [1.29, 1.82) is 0 Å². The Morgan fingerprint density at radius 3 is 2.71 bits per heavy atom. The maximum atomic E-state index is 12.5. The number of aryl methyl sites for hydroxylation is 2. The molecule has 1 heterocycles. The Balaban J connectivity index is 1.62. The molecule has 1 aromatic heterocycles. The van der Waals surface area contributed by atoms with Crippen LogP contribution in [0.4, 0.5) is 0 Å². The van der Waals surface area contributed by atoms with Crippen LogP contribution in [0.5, 0.6) is 5.75 Å². The predicted molar refractivity (Wildman–Crippen MR) is 109 cm³/mol. The highest BCUT2D eigenvalue weighted by Gasteiger charge is 2.10. The molecule has 0 aliphatic heterocycles. The summed E-state index contributed by atoms with van der Waals surface area (Å²) in [6.07, 6.45) is 1.32. The molecule has 0 unspecified atom stereocenters. The van der Waals surface area contributed by atoms with E-state index in [0.717, 1.165) is 5.56 Å². The number of carbonyl (C=O) groups is 1. The molecular weight excluding hydrogens is 380 g/mol. The highest BCUT2D eigenvalue weighted by atomic mass is 35.5. The molecule has 0 saturated heterocycles. The Bertz CT molecular complexity index is 1070. The molecule has 0 atom stereocenters. The van der Waals surface area contributed by atoms with Gasteiger partial charge in [-0.25, -0.2) is 10.1 Å². The van der Waals surface area contributed by atoms with Gasteiger partial charge in [-0.3, -0.25) is 14.7 Å². The molecular formula is C20H19ClN4O3. The summed E-state index contributed by atoms with van der Waals surface area (Å²) in [6, 6.07) is 14.3. The normalized spacial score (nSPS) is 11.0. The number of H-pyrrole nitrogens is 1. The smallest absolute Gasteiger partial charge is 0.280 e. The molecule has 3 rings (SSSR count). The fourth-order valence-electron chi connectivity index (χ4n) is 2.59. The number of nitrogens with one attached hydrogen (secondary N) is 2. The molecule has 0 fully saturated rings. The first-order chi connectivity index (χ1) is 13.5. The van der Waals surface area contributed by atoms with Gasteiger partial charge in [0.15, 0.2) is 6.61 Å². The van der Waals surface area contributed by atoms with E-state index >= 15 is 0 Å². The maximum absolute atomic E-state index is 12.5. The quantitative estimate of drug-likeness (QED) is 0.494. The lowest BCUT2D eigenvalue weighted by molar-refractivity contribution is -0.123. The average Bonchev–Trinajstić information content (AvgIpc) is 2.96. The van der Waals surface area contributed by atoms with Crippen molar-refractivity contribution in [2.75, 3.05) is 6.61 Å². The lowest BCUT2D eigenvalue weighted by Gasteiger charge is -2.08. The maximum Gasteiger partial charge on any atom is 0.280 e. The average molecular weight is 399 g/mol. The van der Waals surface area contributed by atoms with E-state index in [9.17, 15) is 9.59 Å². The van der Waals surface area contributed by atoms with E-state index in [2.05, 4.69) is 15.6 Å². The Hall–Kier alpha value is -3.32. The van der Waals surface area contributed by atoms with E-state index in [0.29, 0.717) is 27.7 Å². The predicted octanol–water partition coefficient (Wildman–Crippen LogP) is 2.96. The van der Waals surface area contributed by atoms with Crippen LogP contribution in [0, 0.1) is 13.8 Å². The number of hydrogen-bond acceptors (Lipinski definition) is 4. The summed E-state index contributed by atoms with van der Waals surface area (Å²) in [5.41, 5.74) is 4.64. The van der Waals surface area contributed by atoms with Gasteiger partial charge in [-0.15, -0.1) is 0 Å². The number of rotatable bonds is 6. The van der Waals surface area contributed by atoms with Gasteiger partial charge in [-0.2, -0.15) is 5.10 Å². The number of aromatic amines is 1. The Kier molecular flexibility index (Phi) is 5.96. The molecule has 0 saturated carbocycles. The molecule has 144 valence electrons. The molecule has 0 bridgehead atoms. The number of benzene rings is 2. The largest absolute Gasteiger partial charge is 0.483 e. The summed E-state index contributed by atoms with van der Waals surface area (Å²) in [7, 11) is 0. The molecule has 28 heavy (non-hydrogen) atoms. The second-order valence-corrected chi connectivity index (χ2v) is 6.55. The van der Waals surface area contributed by atoms with E-state index in [1.807, 2.05) is 37.3 Å².